The molecule has 0 aromatic heterocycles. The molecule has 18 heavy (non-hydrogen) atoms. The largest absolute Gasteiger partial charge is 0.310 e. The van der Waals surface area contributed by atoms with Gasteiger partial charge in [0.1, 0.15) is 0 Å². The highest BCUT2D eigenvalue weighted by molar-refractivity contribution is 9.10. The molecule has 1 aliphatic rings. The first kappa shape index (κ1) is 14.4. The third-order valence-electron chi connectivity index (χ3n) is 3.83. The summed E-state index contributed by atoms with van der Waals surface area (Å²) in [4.78, 5) is 0. The Bertz CT molecular complexity index is 388. The molecule has 0 saturated heterocycles. The topological polar surface area (TPSA) is 12.0 Å². The number of hydrogen-bond donors (Lipinski definition) is 1. The van der Waals surface area contributed by atoms with Gasteiger partial charge in [-0.05, 0) is 36.6 Å². The Morgan fingerprint density at radius 2 is 2.11 bits per heavy atom. The molecule has 1 saturated carbocycles. The average molecular weight is 331 g/mol. The summed E-state index contributed by atoms with van der Waals surface area (Å²) in [6.45, 7) is 3.15. The van der Waals surface area contributed by atoms with Crippen molar-refractivity contribution in [1.29, 1.82) is 0 Å². The third-order valence-corrected chi connectivity index (χ3v) is 4.65. The highest BCUT2D eigenvalue weighted by Gasteiger charge is 2.22. The Morgan fingerprint density at radius 3 is 2.72 bits per heavy atom. The summed E-state index contributed by atoms with van der Waals surface area (Å²) < 4.78 is 1.05. The van der Waals surface area contributed by atoms with Gasteiger partial charge in [-0.2, -0.15) is 0 Å². The highest BCUT2D eigenvalue weighted by atomic mass is 79.9. The maximum Gasteiger partial charge on any atom is 0.0465 e. The summed E-state index contributed by atoms with van der Waals surface area (Å²) in [7, 11) is 0. The van der Waals surface area contributed by atoms with Gasteiger partial charge >= 0.3 is 0 Å². The van der Waals surface area contributed by atoms with Gasteiger partial charge in [0, 0.05) is 15.5 Å². The van der Waals surface area contributed by atoms with Crippen LogP contribution in [0.25, 0.3) is 0 Å². The maximum atomic E-state index is 6.38. The van der Waals surface area contributed by atoms with E-state index < -0.39 is 0 Å². The zero-order valence-electron chi connectivity index (χ0n) is 10.9. The zero-order valence-corrected chi connectivity index (χ0v) is 13.2. The molecule has 0 radical (unpaired) electrons. The molecule has 1 nitrogen and oxygen atoms in total. The Hall–Kier alpha value is -0.0500. The number of benzene rings is 1. The van der Waals surface area contributed by atoms with E-state index in [2.05, 4.69) is 40.3 Å². The van der Waals surface area contributed by atoms with E-state index >= 15 is 0 Å². The molecule has 0 spiro atoms. The molecule has 0 amide bonds. The van der Waals surface area contributed by atoms with Gasteiger partial charge in [0.15, 0.2) is 0 Å². The van der Waals surface area contributed by atoms with Crippen molar-refractivity contribution in [2.75, 3.05) is 6.54 Å². The van der Waals surface area contributed by atoms with Crippen LogP contribution in [0.15, 0.2) is 22.7 Å². The molecule has 100 valence electrons. The molecule has 1 aromatic rings. The normalized spacial score (nSPS) is 18.2. The molecule has 1 atom stereocenters. The number of nitrogens with one attached hydrogen (secondary N) is 1. The SMILES string of the molecule is CCNC(CC1CCCC1)c1ccc(Br)cc1Cl. The van der Waals surface area contributed by atoms with E-state index in [1.165, 1.54) is 37.7 Å². The fourth-order valence-corrected chi connectivity index (χ4v) is 3.74. The molecule has 1 aromatic carbocycles. The molecule has 1 N–H and O–H groups in total. The Kier molecular flexibility index (Phi) is 5.53. The third kappa shape index (κ3) is 3.72. The molecule has 2 rings (SSSR count). The van der Waals surface area contributed by atoms with Crippen LogP contribution >= 0.6 is 27.5 Å². The first-order valence-electron chi connectivity index (χ1n) is 6.89. The Balaban J connectivity index is 2.12. The Morgan fingerprint density at radius 1 is 1.39 bits per heavy atom. The van der Waals surface area contributed by atoms with Crippen molar-refractivity contribution < 1.29 is 0 Å². The van der Waals surface area contributed by atoms with Gasteiger partial charge in [0.25, 0.3) is 0 Å². The number of rotatable bonds is 5. The second kappa shape index (κ2) is 6.93. The van der Waals surface area contributed by atoms with Gasteiger partial charge in [-0.25, -0.2) is 0 Å². The fraction of sp³-hybridized carbons (Fsp3) is 0.600. The molecule has 1 fully saturated rings. The molecular formula is C15H21BrClN. The smallest absolute Gasteiger partial charge is 0.0465 e. The van der Waals surface area contributed by atoms with Crippen molar-refractivity contribution in [1.82, 2.24) is 5.32 Å². The minimum atomic E-state index is 0.402. The Labute approximate surface area is 123 Å². The van der Waals surface area contributed by atoms with Crippen LogP contribution in [0.3, 0.4) is 0 Å². The highest BCUT2D eigenvalue weighted by Crippen LogP contribution is 2.35. The predicted molar refractivity (Wildman–Crippen MR) is 82.1 cm³/mol. The minimum absolute atomic E-state index is 0.402. The van der Waals surface area contributed by atoms with Crippen LogP contribution in [0.2, 0.25) is 5.02 Å². The second-order valence-corrected chi connectivity index (χ2v) is 6.49. The van der Waals surface area contributed by atoms with Crippen molar-refractivity contribution in [3.8, 4) is 0 Å². The van der Waals surface area contributed by atoms with Crippen LogP contribution in [-0.4, -0.2) is 6.54 Å². The van der Waals surface area contributed by atoms with Crippen LogP contribution in [0, 0.1) is 5.92 Å². The summed E-state index contributed by atoms with van der Waals surface area (Å²) >= 11 is 9.84. The molecule has 0 aliphatic heterocycles. The van der Waals surface area contributed by atoms with Gasteiger partial charge in [-0.3, -0.25) is 0 Å². The lowest BCUT2D eigenvalue weighted by atomic mass is 9.93. The molecule has 0 heterocycles. The summed E-state index contributed by atoms with van der Waals surface area (Å²) in [6.07, 6.45) is 6.79. The van der Waals surface area contributed by atoms with E-state index in [1.54, 1.807) is 0 Å². The molecule has 1 aliphatic carbocycles. The summed E-state index contributed by atoms with van der Waals surface area (Å²) in [6, 6.07) is 6.63. The summed E-state index contributed by atoms with van der Waals surface area (Å²) in [5.41, 5.74) is 1.24. The first-order valence-corrected chi connectivity index (χ1v) is 8.06. The van der Waals surface area contributed by atoms with E-state index in [4.69, 9.17) is 11.6 Å². The molecular weight excluding hydrogens is 310 g/mol. The molecule has 0 bridgehead atoms. The van der Waals surface area contributed by atoms with Crippen LogP contribution in [0.5, 0.6) is 0 Å². The van der Waals surface area contributed by atoms with Crippen molar-refractivity contribution in [3.05, 3.63) is 33.3 Å². The number of hydrogen-bond acceptors (Lipinski definition) is 1. The lowest BCUT2D eigenvalue weighted by Gasteiger charge is -2.23. The monoisotopic (exact) mass is 329 g/mol. The van der Waals surface area contributed by atoms with Crippen LogP contribution in [0.1, 0.15) is 50.6 Å². The van der Waals surface area contributed by atoms with Gasteiger partial charge in [0.2, 0.25) is 0 Å². The first-order chi connectivity index (χ1) is 8.70. The quantitative estimate of drug-likeness (QED) is 0.769. The van der Waals surface area contributed by atoms with E-state index in [0.717, 1.165) is 22.0 Å². The van der Waals surface area contributed by atoms with Crippen molar-refractivity contribution in [2.45, 2.75) is 45.1 Å². The standard InChI is InChI=1S/C15H21BrClN/c1-2-18-15(9-11-5-3-4-6-11)13-8-7-12(16)10-14(13)17/h7-8,10-11,15,18H,2-6,9H2,1H3. The minimum Gasteiger partial charge on any atom is -0.310 e. The second-order valence-electron chi connectivity index (χ2n) is 5.16. The van der Waals surface area contributed by atoms with Crippen molar-refractivity contribution in [3.63, 3.8) is 0 Å². The molecule has 1 unspecified atom stereocenters. The van der Waals surface area contributed by atoms with E-state index in [9.17, 15) is 0 Å². The van der Waals surface area contributed by atoms with Crippen LogP contribution < -0.4 is 5.32 Å². The van der Waals surface area contributed by atoms with E-state index in [1.807, 2.05) is 6.07 Å². The van der Waals surface area contributed by atoms with E-state index in [-0.39, 0.29) is 0 Å². The van der Waals surface area contributed by atoms with Gasteiger partial charge in [-0.1, -0.05) is 66.2 Å². The summed E-state index contributed by atoms with van der Waals surface area (Å²) in [5, 5.41) is 4.46. The summed E-state index contributed by atoms with van der Waals surface area (Å²) in [5.74, 6) is 0.869. The lowest BCUT2D eigenvalue weighted by molar-refractivity contribution is 0.401. The van der Waals surface area contributed by atoms with Crippen LogP contribution in [0.4, 0.5) is 0 Å². The number of halogens is 2. The lowest BCUT2D eigenvalue weighted by Crippen LogP contribution is -2.23. The molecule has 3 heteroatoms. The maximum absolute atomic E-state index is 6.38. The van der Waals surface area contributed by atoms with Crippen LogP contribution in [-0.2, 0) is 0 Å². The van der Waals surface area contributed by atoms with Crippen molar-refractivity contribution in [2.24, 2.45) is 5.92 Å². The van der Waals surface area contributed by atoms with Gasteiger partial charge in [-0.15, -0.1) is 0 Å². The van der Waals surface area contributed by atoms with Gasteiger partial charge < -0.3 is 5.32 Å². The van der Waals surface area contributed by atoms with Gasteiger partial charge in [0.05, 0.1) is 0 Å². The van der Waals surface area contributed by atoms with Crippen molar-refractivity contribution >= 4 is 27.5 Å². The average Bonchev–Trinajstić information content (AvgIpc) is 2.81. The zero-order chi connectivity index (χ0) is 13.0. The predicted octanol–water partition coefficient (Wildman–Crippen LogP) is 5.33. The fourth-order valence-electron chi connectivity index (χ4n) is 2.93. The van der Waals surface area contributed by atoms with E-state index in [0.29, 0.717) is 6.04 Å².